The molecule has 0 aromatic heterocycles. The molecule has 0 aliphatic carbocycles. The third-order valence-corrected chi connectivity index (χ3v) is 1.02. The van der Waals surface area contributed by atoms with Crippen molar-refractivity contribution in [1.82, 2.24) is 0 Å². The predicted molar refractivity (Wildman–Crippen MR) is 38.5 cm³/mol. The molecule has 0 spiro atoms. The Hall–Kier alpha value is 0.350. The van der Waals surface area contributed by atoms with Crippen LogP contribution >= 0.6 is 0 Å². The molecule has 0 saturated carbocycles. The predicted octanol–water partition coefficient (Wildman–Crippen LogP) is -4.58. The molecule has 0 aliphatic heterocycles. The molecule has 0 aromatic carbocycles. The molecule has 6 heteroatoms. The van der Waals surface area contributed by atoms with Crippen LogP contribution in [-0.2, 0) is 19.0 Å². The fraction of sp³-hybridized carbons (Fsp3) is 0.857. The van der Waals surface area contributed by atoms with Crippen molar-refractivity contribution in [2.45, 2.75) is 0 Å². The summed E-state index contributed by atoms with van der Waals surface area (Å²) in [6.45, 7) is 1.27. The van der Waals surface area contributed by atoms with Gasteiger partial charge in [-0.15, -0.1) is 0 Å². The van der Waals surface area contributed by atoms with E-state index >= 15 is 0 Å². The topological polar surface area (TPSA) is 67.8 Å². The van der Waals surface area contributed by atoms with E-state index in [1.54, 1.807) is 7.11 Å². The van der Waals surface area contributed by atoms with Crippen molar-refractivity contribution in [2.75, 3.05) is 40.1 Å². The Kier molecular flexibility index (Phi) is 15.0. The van der Waals surface area contributed by atoms with Crippen LogP contribution in [0.2, 0.25) is 0 Å². The SMILES string of the molecule is COCCOCCOCC(=O)[O-].[Na+]. The summed E-state index contributed by atoms with van der Waals surface area (Å²) in [6.07, 6.45) is 0. The summed E-state index contributed by atoms with van der Waals surface area (Å²) in [5, 5.41) is 9.84. The number of carboxylic acids is 1. The van der Waals surface area contributed by atoms with Gasteiger partial charge in [0, 0.05) is 7.11 Å². The molecule has 0 aliphatic rings. The average molecular weight is 200 g/mol. The number of hydrogen-bond acceptors (Lipinski definition) is 5. The fourth-order valence-corrected chi connectivity index (χ4v) is 0.518. The molecule has 0 fully saturated rings. The zero-order valence-corrected chi connectivity index (χ0v) is 10.1. The third kappa shape index (κ3) is 15.1. The van der Waals surface area contributed by atoms with E-state index in [0.717, 1.165) is 0 Å². The number of ether oxygens (including phenoxy) is 3. The Morgan fingerprint density at radius 3 is 2.23 bits per heavy atom. The second-order valence-electron chi connectivity index (χ2n) is 2.03. The molecule has 0 unspecified atom stereocenters. The van der Waals surface area contributed by atoms with Crippen molar-refractivity contribution in [1.29, 1.82) is 0 Å². The standard InChI is InChI=1S/C7H14O5.Na/c1-10-2-3-11-4-5-12-6-7(8)9;/h2-6H2,1H3,(H,8,9);/q;+1/p-1. The van der Waals surface area contributed by atoms with E-state index in [2.05, 4.69) is 4.74 Å². The van der Waals surface area contributed by atoms with Gasteiger partial charge in [0.25, 0.3) is 0 Å². The molecular formula is C7H13NaO5. The van der Waals surface area contributed by atoms with Crippen LogP contribution < -0.4 is 34.7 Å². The van der Waals surface area contributed by atoms with Crippen molar-refractivity contribution in [3.05, 3.63) is 0 Å². The van der Waals surface area contributed by atoms with Gasteiger partial charge in [-0.05, 0) is 0 Å². The zero-order valence-electron chi connectivity index (χ0n) is 8.08. The van der Waals surface area contributed by atoms with Crippen LogP contribution in [0.3, 0.4) is 0 Å². The van der Waals surface area contributed by atoms with Crippen LogP contribution in [0.25, 0.3) is 0 Å². The van der Waals surface area contributed by atoms with Crippen molar-refractivity contribution in [3.63, 3.8) is 0 Å². The second-order valence-corrected chi connectivity index (χ2v) is 2.03. The molecule has 0 saturated heterocycles. The van der Waals surface area contributed by atoms with Gasteiger partial charge in [0.15, 0.2) is 0 Å². The van der Waals surface area contributed by atoms with Crippen LogP contribution in [0.15, 0.2) is 0 Å². The number of carbonyl (C=O) groups is 1. The molecule has 13 heavy (non-hydrogen) atoms. The smallest absolute Gasteiger partial charge is 0.548 e. The minimum atomic E-state index is -1.22. The van der Waals surface area contributed by atoms with Gasteiger partial charge in [-0.3, -0.25) is 0 Å². The molecule has 0 rings (SSSR count). The first-order valence-corrected chi connectivity index (χ1v) is 3.61. The van der Waals surface area contributed by atoms with Crippen LogP contribution in [-0.4, -0.2) is 46.1 Å². The zero-order chi connectivity index (χ0) is 9.23. The van der Waals surface area contributed by atoms with Crippen LogP contribution in [0.5, 0.6) is 0 Å². The number of methoxy groups -OCH3 is 1. The van der Waals surface area contributed by atoms with Gasteiger partial charge >= 0.3 is 29.6 Å². The summed E-state index contributed by atoms with van der Waals surface area (Å²) >= 11 is 0. The number of carboxylic acid groups (broad SMARTS) is 1. The Morgan fingerprint density at radius 1 is 1.15 bits per heavy atom. The molecule has 5 nitrogen and oxygen atoms in total. The average Bonchev–Trinajstić information content (AvgIpc) is 2.02. The Balaban J connectivity index is 0. The van der Waals surface area contributed by atoms with E-state index in [0.29, 0.717) is 19.8 Å². The van der Waals surface area contributed by atoms with E-state index in [9.17, 15) is 9.90 Å². The first-order chi connectivity index (χ1) is 5.77. The Morgan fingerprint density at radius 2 is 1.69 bits per heavy atom. The number of aliphatic carboxylic acids is 1. The van der Waals surface area contributed by atoms with Gasteiger partial charge in [-0.2, -0.15) is 0 Å². The van der Waals surface area contributed by atoms with Gasteiger partial charge in [0.2, 0.25) is 0 Å². The fourth-order valence-electron chi connectivity index (χ4n) is 0.518. The number of carbonyl (C=O) groups excluding carboxylic acids is 1. The molecular weight excluding hydrogens is 187 g/mol. The normalized spacial score (nSPS) is 9.31. The summed E-state index contributed by atoms with van der Waals surface area (Å²) < 4.78 is 14.4. The summed E-state index contributed by atoms with van der Waals surface area (Å²) in [7, 11) is 1.58. The van der Waals surface area contributed by atoms with Crippen molar-refractivity contribution < 1.29 is 53.7 Å². The molecule has 0 aromatic rings. The van der Waals surface area contributed by atoms with E-state index in [1.165, 1.54) is 0 Å². The van der Waals surface area contributed by atoms with Crippen molar-refractivity contribution in [3.8, 4) is 0 Å². The largest absolute Gasteiger partial charge is 1.00 e. The summed E-state index contributed by atoms with van der Waals surface area (Å²) in [5.41, 5.74) is 0. The first kappa shape index (κ1) is 15.8. The van der Waals surface area contributed by atoms with E-state index in [4.69, 9.17) is 9.47 Å². The molecule has 0 radical (unpaired) electrons. The summed E-state index contributed by atoms with van der Waals surface area (Å²) in [6, 6.07) is 0. The maximum Gasteiger partial charge on any atom is 1.00 e. The van der Waals surface area contributed by atoms with Gasteiger partial charge < -0.3 is 24.1 Å². The van der Waals surface area contributed by atoms with Crippen molar-refractivity contribution >= 4 is 5.97 Å². The van der Waals surface area contributed by atoms with Crippen LogP contribution in [0, 0.1) is 0 Å². The molecule has 0 amide bonds. The molecule has 0 atom stereocenters. The van der Waals surface area contributed by atoms with E-state index in [-0.39, 0.29) is 42.8 Å². The van der Waals surface area contributed by atoms with Crippen LogP contribution in [0.1, 0.15) is 0 Å². The van der Waals surface area contributed by atoms with Gasteiger partial charge in [0.1, 0.15) is 0 Å². The maximum absolute atomic E-state index is 9.84. The van der Waals surface area contributed by atoms with Crippen molar-refractivity contribution in [2.24, 2.45) is 0 Å². The van der Waals surface area contributed by atoms with Gasteiger partial charge in [-0.1, -0.05) is 0 Å². The second kappa shape index (κ2) is 12.3. The quantitative estimate of drug-likeness (QED) is 0.291. The Labute approximate surface area is 99.6 Å². The number of hydrogen-bond donors (Lipinski definition) is 0. The molecule has 0 heterocycles. The molecule has 72 valence electrons. The van der Waals surface area contributed by atoms with Gasteiger partial charge in [0.05, 0.1) is 39.0 Å². The summed E-state index contributed by atoms with van der Waals surface area (Å²) in [4.78, 5) is 9.84. The minimum absolute atomic E-state index is 0. The first-order valence-electron chi connectivity index (χ1n) is 3.61. The third-order valence-electron chi connectivity index (χ3n) is 1.02. The minimum Gasteiger partial charge on any atom is -0.548 e. The Bertz CT molecular complexity index is 119. The summed E-state index contributed by atoms with van der Waals surface area (Å²) in [5.74, 6) is -1.22. The van der Waals surface area contributed by atoms with E-state index < -0.39 is 5.97 Å². The number of rotatable bonds is 8. The maximum atomic E-state index is 9.84. The molecule has 0 N–H and O–H groups in total. The van der Waals surface area contributed by atoms with Gasteiger partial charge in [-0.25, -0.2) is 0 Å². The van der Waals surface area contributed by atoms with Crippen LogP contribution in [0.4, 0.5) is 0 Å². The van der Waals surface area contributed by atoms with E-state index in [1.807, 2.05) is 0 Å². The molecule has 0 bridgehead atoms. The monoisotopic (exact) mass is 200 g/mol.